The molecule has 0 bridgehead atoms. The third kappa shape index (κ3) is 3.47. The van der Waals surface area contributed by atoms with Crippen LogP contribution in [-0.2, 0) is 12.2 Å². The van der Waals surface area contributed by atoms with E-state index in [1.54, 1.807) is 0 Å². The van der Waals surface area contributed by atoms with Gasteiger partial charge >= 0.3 is 0 Å². The van der Waals surface area contributed by atoms with Crippen LogP contribution in [0.4, 0.5) is 0 Å². The van der Waals surface area contributed by atoms with Crippen LogP contribution in [0.3, 0.4) is 0 Å². The van der Waals surface area contributed by atoms with Gasteiger partial charge in [0.25, 0.3) is 5.91 Å². The monoisotopic (exact) mass is 259 g/mol. The Morgan fingerprint density at radius 2 is 2.31 bits per heavy atom. The summed E-state index contributed by atoms with van der Waals surface area (Å²) in [4.78, 5) is 16.6. The Morgan fingerprint density at radius 3 is 2.81 bits per heavy atom. The molecule has 0 atom stereocenters. The maximum absolute atomic E-state index is 11.5. The normalized spacial score (nSPS) is 10.8. The number of rotatable bonds is 5. The summed E-state index contributed by atoms with van der Waals surface area (Å²) in [6, 6.07) is 0. The molecule has 0 aliphatic carbocycles. The van der Waals surface area contributed by atoms with Gasteiger partial charge in [-0.1, -0.05) is 20.8 Å². The Bertz CT molecular complexity index is 363. The van der Waals surface area contributed by atoms with Crippen molar-refractivity contribution >= 4 is 29.0 Å². The van der Waals surface area contributed by atoms with Gasteiger partial charge in [-0.3, -0.25) is 10.2 Å². The van der Waals surface area contributed by atoms with Crippen molar-refractivity contribution in [1.82, 2.24) is 10.4 Å². The number of hydrogen-bond acceptors (Lipinski definition) is 5. The van der Waals surface area contributed by atoms with Crippen LogP contribution in [0, 0.1) is 0 Å². The van der Waals surface area contributed by atoms with Crippen molar-refractivity contribution in [3.05, 3.63) is 15.6 Å². The highest BCUT2D eigenvalue weighted by atomic mass is 32.2. The smallest absolute Gasteiger partial charge is 0.277 e. The van der Waals surface area contributed by atoms with Gasteiger partial charge in [0.15, 0.2) is 0 Å². The zero-order valence-corrected chi connectivity index (χ0v) is 11.4. The van der Waals surface area contributed by atoms with E-state index in [-0.39, 0.29) is 5.91 Å². The maximum Gasteiger partial charge on any atom is 0.277 e. The molecule has 1 aromatic heterocycles. The number of aryl methyl sites for hydroxylation is 1. The summed E-state index contributed by atoms with van der Waals surface area (Å²) in [6.45, 7) is 6.28. The fourth-order valence-electron chi connectivity index (χ4n) is 1.18. The van der Waals surface area contributed by atoms with Crippen LogP contribution in [0.5, 0.6) is 0 Å². The lowest BCUT2D eigenvalue weighted by Crippen LogP contribution is -2.30. The first-order chi connectivity index (χ1) is 7.58. The van der Waals surface area contributed by atoms with Crippen molar-refractivity contribution in [3.8, 4) is 0 Å². The van der Waals surface area contributed by atoms with Crippen LogP contribution in [0.1, 0.15) is 41.1 Å². The average Bonchev–Trinajstić information content (AvgIpc) is 2.68. The van der Waals surface area contributed by atoms with Gasteiger partial charge in [0, 0.05) is 5.75 Å². The van der Waals surface area contributed by atoms with Crippen molar-refractivity contribution in [2.75, 3.05) is 0 Å². The van der Waals surface area contributed by atoms with Gasteiger partial charge < -0.3 is 0 Å². The first-order valence-electron chi connectivity index (χ1n) is 5.19. The number of thiazole rings is 1. The summed E-state index contributed by atoms with van der Waals surface area (Å²) in [5.41, 5.74) is 3.00. The van der Waals surface area contributed by atoms with Gasteiger partial charge in [-0.15, -0.1) is 11.3 Å². The number of nitrogens with two attached hydrogens (primary N) is 1. The molecule has 6 heteroatoms. The Kier molecular flexibility index (Phi) is 5.24. The summed E-state index contributed by atoms with van der Waals surface area (Å²) >= 11 is 3.26. The van der Waals surface area contributed by atoms with Crippen LogP contribution in [0.2, 0.25) is 0 Å². The lowest BCUT2D eigenvalue weighted by Gasteiger charge is -2.00. The first-order valence-corrected chi connectivity index (χ1v) is 7.06. The van der Waals surface area contributed by atoms with Crippen LogP contribution < -0.4 is 11.3 Å². The molecule has 4 nitrogen and oxygen atoms in total. The molecule has 90 valence electrons. The van der Waals surface area contributed by atoms with Gasteiger partial charge in [-0.05, 0) is 11.7 Å². The highest BCUT2D eigenvalue weighted by Gasteiger charge is 2.16. The number of nitrogens with zero attached hydrogens (tertiary/aromatic N) is 1. The Morgan fingerprint density at radius 1 is 1.62 bits per heavy atom. The molecule has 0 saturated heterocycles. The van der Waals surface area contributed by atoms with Crippen molar-refractivity contribution in [3.63, 3.8) is 0 Å². The number of thioether (sulfide) groups is 1. The molecule has 1 aromatic rings. The number of hydrogen-bond donors (Lipinski definition) is 2. The molecular formula is C10H17N3OS2. The molecule has 0 aliphatic rings. The van der Waals surface area contributed by atoms with E-state index >= 15 is 0 Å². The van der Waals surface area contributed by atoms with E-state index in [2.05, 4.69) is 24.3 Å². The molecular weight excluding hydrogens is 242 g/mol. The van der Waals surface area contributed by atoms with Gasteiger partial charge in [0.05, 0.1) is 5.69 Å². The Hall–Kier alpha value is -0.590. The van der Waals surface area contributed by atoms with Crippen molar-refractivity contribution < 1.29 is 4.79 Å². The summed E-state index contributed by atoms with van der Waals surface area (Å²) in [5.74, 6) is 5.75. The van der Waals surface area contributed by atoms with Crippen molar-refractivity contribution in [2.45, 2.75) is 38.2 Å². The molecule has 0 saturated carbocycles. The molecule has 0 unspecified atom stereocenters. The zero-order valence-electron chi connectivity index (χ0n) is 9.74. The van der Waals surface area contributed by atoms with Crippen molar-refractivity contribution in [1.29, 1.82) is 0 Å². The Labute approximate surface area is 104 Å². The van der Waals surface area contributed by atoms with E-state index in [0.29, 0.717) is 10.1 Å². The maximum atomic E-state index is 11.5. The van der Waals surface area contributed by atoms with E-state index in [4.69, 9.17) is 5.84 Å². The fraction of sp³-hybridized carbons (Fsp3) is 0.600. The second kappa shape index (κ2) is 6.22. The number of nitrogen functional groups attached to an aromatic ring is 1. The van der Waals surface area contributed by atoms with E-state index in [9.17, 15) is 4.79 Å². The molecule has 0 fully saturated rings. The first kappa shape index (κ1) is 13.5. The van der Waals surface area contributed by atoms with Gasteiger partial charge in [-0.25, -0.2) is 10.8 Å². The Balaban J connectivity index is 2.81. The summed E-state index contributed by atoms with van der Waals surface area (Å²) in [5, 5.41) is 1.56. The van der Waals surface area contributed by atoms with E-state index in [0.717, 1.165) is 22.9 Å². The van der Waals surface area contributed by atoms with Crippen LogP contribution in [-0.4, -0.2) is 16.1 Å². The van der Waals surface area contributed by atoms with E-state index < -0.39 is 0 Å². The fourth-order valence-corrected chi connectivity index (χ4v) is 3.01. The van der Waals surface area contributed by atoms with Gasteiger partial charge in [-0.2, -0.15) is 11.8 Å². The molecule has 0 aliphatic heterocycles. The van der Waals surface area contributed by atoms with Crippen LogP contribution >= 0.6 is 23.1 Å². The highest BCUT2D eigenvalue weighted by Crippen LogP contribution is 2.24. The largest absolute Gasteiger partial charge is 0.289 e. The number of amides is 1. The third-order valence-corrected chi connectivity index (χ3v) is 4.34. The quantitative estimate of drug-likeness (QED) is 0.482. The topological polar surface area (TPSA) is 68.0 Å². The minimum atomic E-state index is -0.241. The summed E-state index contributed by atoms with van der Waals surface area (Å²) in [6.07, 6.45) is 0.756. The molecule has 1 amide bonds. The highest BCUT2D eigenvalue weighted by molar-refractivity contribution is 7.99. The second-order valence-electron chi connectivity index (χ2n) is 3.57. The molecule has 0 spiro atoms. The van der Waals surface area contributed by atoms with E-state index in [1.165, 1.54) is 11.3 Å². The second-order valence-corrected chi connectivity index (χ2v) is 6.22. The van der Waals surface area contributed by atoms with Crippen molar-refractivity contribution in [2.24, 2.45) is 5.84 Å². The lowest BCUT2D eigenvalue weighted by atomic mass is 10.3. The molecule has 1 heterocycles. The standard InChI is InChI=1S/C10H17N3OS2/c1-4-7-9(10(14)13-11)16-8(12-7)5-15-6(2)3/h6H,4-5,11H2,1-3H3,(H,13,14). The predicted molar refractivity (Wildman–Crippen MR) is 69.6 cm³/mol. The van der Waals surface area contributed by atoms with Crippen LogP contribution in [0.15, 0.2) is 0 Å². The SMILES string of the molecule is CCc1nc(CSC(C)C)sc1C(=O)NN. The number of carbonyl (C=O) groups excluding carboxylic acids is 1. The number of aromatic nitrogens is 1. The third-order valence-electron chi connectivity index (χ3n) is 1.95. The average molecular weight is 259 g/mol. The van der Waals surface area contributed by atoms with Gasteiger partial charge in [0.1, 0.15) is 9.88 Å². The number of carbonyl (C=O) groups is 1. The summed E-state index contributed by atoms with van der Waals surface area (Å²) < 4.78 is 0. The molecule has 0 aromatic carbocycles. The molecule has 1 rings (SSSR count). The lowest BCUT2D eigenvalue weighted by molar-refractivity contribution is 0.0956. The molecule has 3 N–H and O–H groups in total. The zero-order chi connectivity index (χ0) is 12.1. The number of hydrazine groups is 1. The number of nitrogens with one attached hydrogen (secondary N) is 1. The minimum absolute atomic E-state index is 0.241. The molecule has 16 heavy (non-hydrogen) atoms. The van der Waals surface area contributed by atoms with E-state index in [1.807, 2.05) is 18.7 Å². The molecule has 0 radical (unpaired) electrons. The minimum Gasteiger partial charge on any atom is -0.289 e. The van der Waals surface area contributed by atoms with Gasteiger partial charge in [0.2, 0.25) is 0 Å². The predicted octanol–water partition coefficient (Wildman–Crippen LogP) is 1.95. The summed E-state index contributed by atoms with van der Waals surface area (Å²) in [7, 11) is 0. The van der Waals surface area contributed by atoms with Crippen LogP contribution in [0.25, 0.3) is 0 Å².